The van der Waals surface area contributed by atoms with Crippen LogP contribution in [0, 0.1) is 5.92 Å². The van der Waals surface area contributed by atoms with E-state index in [9.17, 15) is 9.59 Å². The van der Waals surface area contributed by atoms with E-state index in [0.29, 0.717) is 6.42 Å². The third-order valence-corrected chi connectivity index (χ3v) is 3.35. The van der Waals surface area contributed by atoms with Gasteiger partial charge in [0.1, 0.15) is 5.60 Å². The molecular weight excluding hydrogens is 296 g/mol. The van der Waals surface area contributed by atoms with Gasteiger partial charge in [0.2, 0.25) is 0 Å². The van der Waals surface area contributed by atoms with Gasteiger partial charge in [0, 0.05) is 0 Å². The molecule has 0 unspecified atom stereocenters. The summed E-state index contributed by atoms with van der Waals surface area (Å²) in [6, 6.07) is 0. The van der Waals surface area contributed by atoms with Gasteiger partial charge in [0.25, 0.3) is 0 Å². The zero-order valence-electron chi connectivity index (χ0n) is 15.4. The van der Waals surface area contributed by atoms with Crippen LogP contribution in [0.25, 0.3) is 0 Å². The number of esters is 2. The Balaban J connectivity index is 4.93. The van der Waals surface area contributed by atoms with E-state index in [0.717, 1.165) is 12.8 Å². The van der Waals surface area contributed by atoms with E-state index in [-0.39, 0.29) is 18.6 Å². The van der Waals surface area contributed by atoms with Crippen LogP contribution in [0.3, 0.4) is 0 Å². The Morgan fingerprint density at radius 1 is 1.26 bits per heavy atom. The van der Waals surface area contributed by atoms with Gasteiger partial charge in [-0.3, -0.25) is 9.59 Å². The fraction of sp³-hybridized carbons (Fsp3) is 0.778. The van der Waals surface area contributed by atoms with E-state index in [1.54, 1.807) is 20.8 Å². The van der Waals surface area contributed by atoms with Crippen LogP contribution >= 0.6 is 0 Å². The number of ether oxygens (including phenoxy) is 3. The topological polar surface area (TPSA) is 61.8 Å². The van der Waals surface area contributed by atoms with E-state index in [1.807, 2.05) is 19.9 Å². The second-order valence-corrected chi connectivity index (χ2v) is 6.68. The summed E-state index contributed by atoms with van der Waals surface area (Å²) >= 11 is 0. The van der Waals surface area contributed by atoms with Crippen LogP contribution in [-0.4, -0.2) is 36.9 Å². The third-order valence-electron chi connectivity index (χ3n) is 3.35. The Kier molecular flexibility index (Phi) is 9.80. The second kappa shape index (κ2) is 10.4. The van der Waals surface area contributed by atoms with Crippen molar-refractivity contribution in [2.24, 2.45) is 5.92 Å². The molecule has 0 fully saturated rings. The summed E-state index contributed by atoms with van der Waals surface area (Å²) in [5.74, 6) is -1.53. The van der Waals surface area contributed by atoms with Crippen LogP contribution in [0.5, 0.6) is 0 Å². The lowest BCUT2D eigenvalue weighted by Gasteiger charge is -2.28. The predicted octanol–water partition coefficient (Wildman–Crippen LogP) is 3.66. The molecule has 23 heavy (non-hydrogen) atoms. The van der Waals surface area contributed by atoms with Crippen molar-refractivity contribution < 1.29 is 23.8 Å². The summed E-state index contributed by atoms with van der Waals surface area (Å²) in [6.45, 7) is 13.0. The highest BCUT2D eigenvalue weighted by Crippen LogP contribution is 2.22. The Hall–Kier alpha value is -1.36. The molecular formula is C18H32O5. The van der Waals surface area contributed by atoms with Gasteiger partial charge in [0.15, 0.2) is 0 Å². The lowest BCUT2D eigenvalue weighted by atomic mass is 9.96. The van der Waals surface area contributed by atoms with E-state index in [4.69, 9.17) is 14.2 Å². The number of carbonyl (C=O) groups excluding carboxylic acids is 2. The van der Waals surface area contributed by atoms with Gasteiger partial charge in [0.05, 0.1) is 31.7 Å². The molecule has 0 aliphatic rings. The summed E-state index contributed by atoms with van der Waals surface area (Å²) in [7, 11) is 1.32. The molecule has 0 spiro atoms. The molecule has 0 amide bonds. The van der Waals surface area contributed by atoms with Crippen molar-refractivity contribution in [3.8, 4) is 0 Å². The minimum absolute atomic E-state index is 0.0243. The smallest absolute Gasteiger partial charge is 0.311 e. The minimum Gasteiger partial charge on any atom is -0.469 e. The fourth-order valence-corrected chi connectivity index (χ4v) is 2.28. The molecule has 0 aromatic carbocycles. The molecule has 0 bridgehead atoms. The summed E-state index contributed by atoms with van der Waals surface area (Å²) in [6.07, 6.45) is 3.66. The van der Waals surface area contributed by atoms with Crippen molar-refractivity contribution in [1.82, 2.24) is 0 Å². The Bertz CT molecular complexity index is 383. The molecule has 134 valence electrons. The maximum absolute atomic E-state index is 12.1. The normalized spacial score (nSPS) is 15.4. The van der Waals surface area contributed by atoms with Crippen LogP contribution in [0.1, 0.15) is 60.3 Å². The highest BCUT2D eigenvalue weighted by molar-refractivity contribution is 5.80. The molecule has 0 rings (SSSR count). The first kappa shape index (κ1) is 21.6. The quantitative estimate of drug-likeness (QED) is 0.452. The molecule has 0 radical (unpaired) electrons. The van der Waals surface area contributed by atoms with E-state index >= 15 is 0 Å². The molecule has 0 aromatic heterocycles. The summed E-state index contributed by atoms with van der Waals surface area (Å²) in [5.41, 5.74) is -0.586. The molecule has 0 saturated carbocycles. The molecule has 3 atom stereocenters. The minimum atomic E-state index is -0.661. The van der Waals surface area contributed by atoms with Gasteiger partial charge >= 0.3 is 11.9 Å². The monoisotopic (exact) mass is 328 g/mol. The zero-order chi connectivity index (χ0) is 18.0. The number of carbonyl (C=O) groups is 2. The average Bonchev–Trinajstić information content (AvgIpc) is 2.45. The van der Waals surface area contributed by atoms with Crippen LogP contribution < -0.4 is 0 Å². The Morgan fingerprint density at radius 3 is 2.30 bits per heavy atom. The number of methoxy groups -OCH3 is 1. The maximum atomic E-state index is 12.1. The van der Waals surface area contributed by atoms with Gasteiger partial charge in [-0.1, -0.05) is 13.0 Å². The highest BCUT2D eigenvalue weighted by Gasteiger charge is 2.33. The van der Waals surface area contributed by atoms with Gasteiger partial charge in [-0.2, -0.15) is 0 Å². The van der Waals surface area contributed by atoms with Crippen molar-refractivity contribution in [3.63, 3.8) is 0 Å². The van der Waals surface area contributed by atoms with E-state index in [1.165, 1.54) is 7.11 Å². The second-order valence-electron chi connectivity index (χ2n) is 6.68. The maximum Gasteiger partial charge on any atom is 0.311 e. The van der Waals surface area contributed by atoms with Crippen LogP contribution in [-0.2, 0) is 23.8 Å². The summed E-state index contributed by atoms with van der Waals surface area (Å²) < 4.78 is 16.1. The molecule has 0 saturated heterocycles. The number of allylic oxidation sites excluding steroid dienone is 1. The van der Waals surface area contributed by atoms with Gasteiger partial charge < -0.3 is 14.2 Å². The van der Waals surface area contributed by atoms with Crippen molar-refractivity contribution in [1.29, 1.82) is 0 Å². The van der Waals surface area contributed by atoms with Crippen molar-refractivity contribution in [2.75, 3.05) is 7.11 Å². The predicted molar refractivity (Wildman–Crippen MR) is 90.0 cm³/mol. The first-order valence-electron chi connectivity index (χ1n) is 8.20. The summed E-state index contributed by atoms with van der Waals surface area (Å²) in [4.78, 5) is 24.2. The zero-order valence-corrected chi connectivity index (χ0v) is 15.4. The Morgan fingerprint density at radius 2 is 1.87 bits per heavy atom. The molecule has 5 nitrogen and oxygen atoms in total. The van der Waals surface area contributed by atoms with Gasteiger partial charge in [-0.15, -0.1) is 6.58 Å². The first-order valence-corrected chi connectivity index (χ1v) is 8.20. The van der Waals surface area contributed by atoms with Gasteiger partial charge in [-0.25, -0.2) is 0 Å². The highest BCUT2D eigenvalue weighted by atomic mass is 16.6. The standard InChI is InChI=1S/C18H32O5/c1-8-10-11-13(3)22-15(9-2)14(17(20)21-7)12-16(19)23-18(4,5)6/h8,13-15H,1,9-12H2,2-7H3/t13-,14+,15+/m1/s1. The molecule has 0 aliphatic carbocycles. The van der Waals surface area contributed by atoms with E-state index in [2.05, 4.69) is 6.58 Å². The average molecular weight is 328 g/mol. The van der Waals surface area contributed by atoms with Crippen molar-refractivity contribution in [2.45, 2.75) is 78.1 Å². The number of hydrogen-bond donors (Lipinski definition) is 0. The third kappa shape index (κ3) is 9.39. The van der Waals surface area contributed by atoms with Crippen LogP contribution in [0.2, 0.25) is 0 Å². The molecule has 0 N–H and O–H groups in total. The van der Waals surface area contributed by atoms with Crippen LogP contribution in [0.15, 0.2) is 12.7 Å². The largest absolute Gasteiger partial charge is 0.469 e. The lowest BCUT2D eigenvalue weighted by molar-refractivity contribution is -0.166. The number of hydrogen-bond acceptors (Lipinski definition) is 5. The number of rotatable bonds is 10. The fourth-order valence-electron chi connectivity index (χ4n) is 2.28. The Labute approximate surface area is 140 Å². The van der Waals surface area contributed by atoms with Crippen molar-refractivity contribution in [3.05, 3.63) is 12.7 Å². The molecule has 0 aromatic rings. The summed E-state index contributed by atoms with van der Waals surface area (Å²) in [5, 5.41) is 0. The van der Waals surface area contributed by atoms with Crippen LogP contribution in [0.4, 0.5) is 0 Å². The van der Waals surface area contributed by atoms with Gasteiger partial charge in [-0.05, 0) is 47.0 Å². The van der Waals surface area contributed by atoms with Crippen molar-refractivity contribution >= 4 is 11.9 Å². The lowest BCUT2D eigenvalue weighted by Crippen LogP contribution is -2.37. The first-order chi connectivity index (χ1) is 10.6. The van der Waals surface area contributed by atoms with E-state index < -0.39 is 23.5 Å². The molecule has 0 heterocycles. The molecule has 5 heteroatoms. The molecule has 0 aliphatic heterocycles. The SMILES string of the molecule is C=CCC[C@@H](C)O[C@@H](CC)[C@H](CC(=O)OC(C)(C)C)C(=O)OC.